The van der Waals surface area contributed by atoms with Crippen molar-refractivity contribution in [3.63, 3.8) is 0 Å². The topological polar surface area (TPSA) is 37.4 Å². The number of Topliss-reactive ketones (excluding diaryl/α,β-unsaturated/α-hetero) is 1. The van der Waals surface area contributed by atoms with Gasteiger partial charge in [0.15, 0.2) is 5.78 Å². The van der Waals surface area contributed by atoms with Gasteiger partial charge in [-0.15, -0.1) is 0 Å². The number of carbonyl (C=O) groups is 2. The average molecular weight is 352 g/mol. The second-order valence-electron chi connectivity index (χ2n) is 6.51. The van der Waals surface area contributed by atoms with Crippen molar-refractivity contribution in [3.05, 3.63) is 76.5 Å². The minimum atomic E-state index is -0.200. The van der Waals surface area contributed by atoms with Gasteiger partial charge in [0.1, 0.15) is 0 Å². The third-order valence-corrected chi connectivity index (χ3v) is 5.18. The van der Waals surface area contributed by atoms with E-state index in [1.807, 2.05) is 54.6 Å². The largest absolute Gasteiger partial charge is 0.294 e. The number of nitrogens with zero attached hydrogens (tertiary/aromatic N) is 1. The Bertz CT molecular complexity index is 872. The smallest absolute Gasteiger partial charge is 0.232 e. The number of amides is 1. The fourth-order valence-corrected chi connectivity index (χ4v) is 4.08. The maximum Gasteiger partial charge on any atom is 0.232 e. The van der Waals surface area contributed by atoms with Crippen molar-refractivity contribution in [3.8, 4) is 0 Å². The molecule has 2 aliphatic rings. The van der Waals surface area contributed by atoms with Crippen LogP contribution >= 0.6 is 11.6 Å². The van der Waals surface area contributed by atoms with E-state index in [1.54, 1.807) is 4.90 Å². The van der Waals surface area contributed by atoms with Crippen molar-refractivity contribution in [2.45, 2.75) is 31.6 Å². The zero-order valence-corrected chi connectivity index (χ0v) is 14.5. The first-order chi connectivity index (χ1) is 12.1. The molecule has 2 aromatic rings. The van der Waals surface area contributed by atoms with Crippen molar-refractivity contribution < 1.29 is 9.59 Å². The third-order valence-electron chi connectivity index (χ3n) is 4.94. The van der Waals surface area contributed by atoms with Gasteiger partial charge in [0.2, 0.25) is 5.91 Å². The van der Waals surface area contributed by atoms with Crippen molar-refractivity contribution in [2.75, 3.05) is 4.90 Å². The lowest BCUT2D eigenvalue weighted by Crippen LogP contribution is -2.40. The number of carbonyl (C=O) groups excluding carboxylic acids is 2. The van der Waals surface area contributed by atoms with Gasteiger partial charge in [-0.05, 0) is 42.7 Å². The number of rotatable bonds is 2. The summed E-state index contributed by atoms with van der Waals surface area (Å²) in [5.41, 5.74) is 3.43. The summed E-state index contributed by atoms with van der Waals surface area (Å²) >= 11 is 6.14. The second kappa shape index (κ2) is 6.49. The Morgan fingerprint density at radius 1 is 0.960 bits per heavy atom. The molecule has 1 amide bonds. The SMILES string of the molecule is O=C1CCCC2=C1C(c1cccc(Cl)c1)CC(=O)N2c1ccccc1. The average Bonchev–Trinajstić information content (AvgIpc) is 2.62. The molecule has 0 N–H and O–H groups in total. The van der Waals surface area contributed by atoms with Crippen LogP contribution in [0, 0.1) is 0 Å². The molecular weight excluding hydrogens is 334 g/mol. The van der Waals surface area contributed by atoms with Gasteiger partial charge in [-0.2, -0.15) is 0 Å². The van der Waals surface area contributed by atoms with Gasteiger partial charge < -0.3 is 0 Å². The highest BCUT2D eigenvalue weighted by molar-refractivity contribution is 6.30. The van der Waals surface area contributed by atoms with E-state index < -0.39 is 0 Å². The number of benzene rings is 2. The molecule has 0 spiro atoms. The number of hydrogen-bond donors (Lipinski definition) is 0. The number of anilines is 1. The van der Waals surface area contributed by atoms with E-state index >= 15 is 0 Å². The lowest BCUT2D eigenvalue weighted by atomic mass is 9.77. The summed E-state index contributed by atoms with van der Waals surface area (Å²) in [6.07, 6.45) is 2.38. The first kappa shape index (κ1) is 16.1. The van der Waals surface area contributed by atoms with Gasteiger partial charge in [0, 0.05) is 40.7 Å². The number of allylic oxidation sites excluding steroid dienone is 2. The molecule has 4 heteroatoms. The lowest BCUT2D eigenvalue weighted by molar-refractivity contribution is -0.119. The van der Waals surface area contributed by atoms with E-state index in [4.69, 9.17) is 11.6 Å². The van der Waals surface area contributed by atoms with Crippen molar-refractivity contribution >= 4 is 29.0 Å². The fraction of sp³-hybridized carbons (Fsp3) is 0.238. The van der Waals surface area contributed by atoms with E-state index in [1.165, 1.54) is 0 Å². The van der Waals surface area contributed by atoms with Crippen molar-refractivity contribution in [2.24, 2.45) is 0 Å². The molecule has 4 rings (SSSR count). The molecule has 0 bridgehead atoms. The Balaban J connectivity index is 1.87. The van der Waals surface area contributed by atoms with E-state index in [-0.39, 0.29) is 17.6 Å². The Labute approximate surface area is 151 Å². The molecule has 0 saturated heterocycles. The number of para-hydroxylation sites is 1. The Morgan fingerprint density at radius 2 is 1.76 bits per heavy atom. The summed E-state index contributed by atoms with van der Waals surface area (Å²) in [6.45, 7) is 0. The highest BCUT2D eigenvalue weighted by Gasteiger charge is 2.39. The molecule has 25 heavy (non-hydrogen) atoms. The quantitative estimate of drug-likeness (QED) is 0.774. The summed E-state index contributed by atoms with van der Waals surface area (Å²) in [6, 6.07) is 17.1. The van der Waals surface area contributed by atoms with E-state index in [9.17, 15) is 9.59 Å². The Morgan fingerprint density at radius 3 is 2.52 bits per heavy atom. The fourth-order valence-electron chi connectivity index (χ4n) is 3.88. The van der Waals surface area contributed by atoms with Gasteiger partial charge in [-0.25, -0.2) is 0 Å². The summed E-state index contributed by atoms with van der Waals surface area (Å²) in [7, 11) is 0. The second-order valence-corrected chi connectivity index (χ2v) is 6.95. The standard InChI is InChI=1S/C21H18ClNO2/c22-15-7-4-6-14(12-15)17-13-20(25)23(16-8-2-1-3-9-16)18-10-5-11-19(24)21(17)18/h1-4,6-9,12,17H,5,10-11,13H2. The maximum absolute atomic E-state index is 13.0. The summed E-state index contributed by atoms with van der Waals surface area (Å²) < 4.78 is 0. The van der Waals surface area contributed by atoms with Gasteiger partial charge in [0.05, 0.1) is 0 Å². The minimum Gasteiger partial charge on any atom is -0.294 e. The van der Waals surface area contributed by atoms with E-state index in [0.29, 0.717) is 17.9 Å². The van der Waals surface area contributed by atoms with Crippen LogP contribution in [0.25, 0.3) is 0 Å². The predicted molar refractivity (Wildman–Crippen MR) is 98.6 cm³/mol. The van der Waals surface area contributed by atoms with Crippen LogP contribution in [0.15, 0.2) is 65.9 Å². The third kappa shape index (κ3) is 2.89. The van der Waals surface area contributed by atoms with E-state index in [2.05, 4.69) is 0 Å². The van der Waals surface area contributed by atoms with Crippen molar-refractivity contribution in [1.29, 1.82) is 0 Å². The summed E-state index contributed by atoms with van der Waals surface area (Å²) in [5.74, 6) is -0.0155. The monoisotopic (exact) mass is 351 g/mol. The number of ketones is 1. The van der Waals surface area contributed by atoms with Gasteiger partial charge in [-0.3, -0.25) is 14.5 Å². The van der Waals surface area contributed by atoms with Crippen LogP contribution in [0.1, 0.15) is 37.2 Å². The Kier molecular flexibility index (Phi) is 4.18. The molecule has 1 aliphatic carbocycles. The molecule has 1 aliphatic heterocycles. The highest BCUT2D eigenvalue weighted by atomic mass is 35.5. The van der Waals surface area contributed by atoms with Crippen LogP contribution < -0.4 is 4.90 Å². The molecule has 0 fully saturated rings. The first-order valence-corrected chi connectivity index (χ1v) is 8.92. The van der Waals surface area contributed by atoms with Crippen LogP contribution in [0.5, 0.6) is 0 Å². The maximum atomic E-state index is 13.0. The van der Waals surface area contributed by atoms with Crippen LogP contribution in [-0.2, 0) is 9.59 Å². The molecular formula is C21H18ClNO2. The van der Waals surface area contributed by atoms with Crippen LogP contribution in [0.4, 0.5) is 5.69 Å². The van der Waals surface area contributed by atoms with Gasteiger partial charge >= 0.3 is 0 Å². The normalized spacial score (nSPS) is 20.7. The zero-order chi connectivity index (χ0) is 17.4. The molecule has 3 nitrogen and oxygen atoms in total. The molecule has 0 saturated carbocycles. The number of halogens is 1. The highest BCUT2D eigenvalue weighted by Crippen LogP contribution is 2.43. The molecule has 0 radical (unpaired) electrons. The number of hydrogen-bond acceptors (Lipinski definition) is 2. The molecule has 0 aromatic heterocycles. The van der Waals surface area contributed by atoms with Crippen LogP contribution in [0.3, 0.4) is 0 Å². The van der Waals surface area contributed by atoms with Crippen LogP contribution in [0.2, 0.25) is 5.02 Å². The first-order valence-electron chi connectivity index (χ1n) is 8.55. The minimum absolute atomic E-state index is 0.0321. The summed E-state index contributed by atoms with van der Waals surface area (Å²) in [4.78, 5) is 27.5. The molecule has 1 unspecified atom stereocenters. The molecule has 2 aromatic carbocycles. The molecule has 1 atom stereocenters. The Hall–Kier alpha value is -2.39. The van der Waals surface area contributed by atoms with Gasteiger partial charge in [0.25, 0.3) is 0 Å². The van der Waals surface area contributed by atoms with E-state index in [0.717, 1.165) is 35.4 Å². The van der Waals surface area contributed by atoms with Crippen molar-refractivity contribution in [1.82, 2.24) is 0 Å². The zero-order valence-electron chi connectivity index (χ0n) is 13.7. The molecule has 126 valence electrons. The molecule has 1 heterocycles. The van der Waals surface area contributed by atoms with Gasteiger partial charge in [-0.1, -0.05) is 41.9 Å². The van der Waals surface area contributed by atoms with Crippen LogP contribution in [-0.4, -0.2) is 11.7 Å². The summed E-state index contributed by atoms with van der Waals surface area (Å²) in [5, 5.41) is 0.626. The lowest BCUT2D eigenvalue weighted by Gasteiger charge is -2.38. The predicted octanol–water partition coefficient (Wildman–Crippen LogP) is 4.87.